The first-order chi connectivity index (χ1) is 11.4. The first kappa shape index (κ1) is 14.2. The lowest BCUT2D eigenvalue weighted by Gasteiger charge is -2.25. The van der Waals surface area contributed by atoms with Crippen LogP contribution in [0.1, 0.15) is 24.8 Å². The summed E-state index contributed by atoms with van der Waals surface area (Å²) in [7, 11) is 0. The molecule has 1 aliphatic heterocycles. The summed E-state index contributed by atoms with van der Waals surface area (Å²) in [6.45, 7) is 1.09. The van der Waals surface area contributed by atoms with Gasteiger partial charge in [0.2, 0.25) is 0 Å². The van der Waals surface area contributed by atoms with Gasteiger partial charge in [-0.05, 0) is 43.4 Å². The lowest BCUT2D eigenvalue weighted by molar-refractivity contribution is 0.606. The van der Waals surface area contributed by atoms with Crippen LogP contribution in [0, 0.1) is 0 Å². The van der Waals surface area contributed by atoms with Crippen LogP contribution in [0.25, 0.3) is 11.0 Å². The summed E-state index contributed by atoms with van der Waals surface area (Å²) in [5.41, 5.74) is 3.37. The molecule has 0 aliphatic carbocycles. The summed E-state index contributed by atoms with van der Waals surface area (Å²) < 4.78 is 0. The van der Waals surface area contributed by atoms with E-state index in [0.717, 1.165) is 29.8 Å². The van der Waals surface area contributed by atoms with Crippen molar-refractivity contribution in [1.82, 2.24) is 9.97 Å². The van der Waals surface area contributed by atoms with Gasteiger partial charge in [0, 0.05) is 12.6 Å². The van der Waals surface area contributed by atoms with Gasteiger partial charge in [-0.25, -0.2) is 4.98 Å². The maximum atomic E-state index is 4.83. The Hall–Kier alpha value is -2.42. The van der Waals surface area contributed by atoms with Crippen LogP contribution in [0.3, 0.4) is 0 Å². The van der Waals surface area contributed by atoms with E-state index in [-0.39, 0.29) is 0 Å². The van der Waals surface area contributed by atoms with Crippen molar-refractivity contribution in [3.8, 4) is 0 Å². The first-order valence-electron chi connectivity index (χ1n) is 8.42. The van der Waals surface area contributed by atoms with Crippen LogP contribution >= 0.6 is 0 Å². The topological polar surface area (TPSA) is 29.0 Å². The minimum atomic E-state index is 0.575. The predicted octanol–water partition coefficient (Wildman–Crippen LogP) is 4.23. The number of rotatable bonds is 4. The minimum Gasteiger partial charge on any atom is -0.352 e. The smallest absolute Gasteiger partial charge is 0.148 e. The Morgan fingerprint density at radius 1 is 0.957 bits per heavy atom. The molecule has 0 bridgehead atoms. The molecule has 4 rings (SSSR count). The largest absolute Gasteiger partial charge is 0.352 e. The third kappa shape index (κ3) is 3.04. The van der Waals surface area contributed by atoms with E-state index in [1.165, 1.54) is 24.8 Å². The Morgan fingerprint density at radius 2 is 1.74 bits per heavy atom. The van der Waals surface area contributed by atoms with Crippen LogP contribution in [0.5, 0.6) is 0 Å². The quantitative estimate of drug-likeness (QED) is 0.722. The summed E-state index contributed by atoms with van der Waals surface area (Å²) in [4.78, 5) is 11.8. The van der Waals surface area contributed by atoms with Gasteiger partial charge in [0.1, 0.15) is 5.82 Å². The second-order valence-electron chi connectivity index (χ2n) is 6.23. The molecule has 1 fully saturated rings. The normalized spacial score (nSPS) is 17.7. The van der Waals surface area contributed by atoms with Crippen LogP contribution in [0.4, 0.5) is 5.82 Å². The molecule has 2 aromatic carbocycles. The lowest BCUT2D eigenvalue weighted by Crippen LogP contribution is -2.30. The SMILES string of the molecule is c1ccc(CCC2CCCN2c2cnc3ccccc3n2)cc1. The first-order valence-corrected chi connectivity index (χ1v) is 8.42. The van der Waals surface area contributed by atoms with Gasteiger partial charge in [-0.15, -0.1) is 0 Å². The maximum Gasteiger partial charge on any atom is 0.148 e. The fourth-order valence-electron chi connectivity index (χ4n) is 3.50. The Kier molecular flexibility index (Phi) is 3.93. The van der Waals surface area contributed by atoms with Gasteiger partial charge >= 0.3 is 0 Å². The number of nitrogens with zero attached hydrogens (tertiary/aromatic N) is 3. The van der Waals surface area contributed by atoms with Gasteiger partial charge < -0.3 is 4.90 Å². The number of aromatic nitrogens is 2. The molecule has 116 valence electrons. The molecular formula is C20H21N3. The zero-order valence-corrected chi connectivity index (χ0v) is 13.2. The Morgan fingerprint density at radius 3 is 2.61 bits per heavy atom. The molecule has 2 heterocycles. The number of aryl methyl sites for hydroxylation is 1. The third-order valence-electron chi connectivity index (χ3n) is 4.72. The van der Waals surface area contributed by atoms with E-state index in [9.17, 15) is 0 Å². The molecule has 3 heteroatoms. The molecular weight excluding hydrogens is 282 g/mol. The fourth-order valence-corrected chi connectivity index (χ4v) is 3.50. The van der Waals surface area contributed by atoms with Crippen molar-refractivity contribution in [2.75, 3.05) is 11.4 Å². The van der Waals surface area contributed by atoms with Gasteiger partial charge in [0.05, 0.1) is 17.2 Å². The zero-order valence-electron chi connectivity index (χ0n) is 13.2. The molecule has 23 heavy (non-hydrogen) atoms. The van der Waals surface area contributed by atoms with Crippen LogP contribution in [0.15, 0.2) is 60.8 Å². The molecule has 1 unspecified atom stereocenters. The number of hydrogen-bond donors (Lipinski definition) is 0. The molecule has 3 aromatic rings. The summed E-state index contributed by atoms with van der Waals surface area (Å²) >= 11 is 0. The average molecular weight is 303 g/mol. The molecule has 0 radical (unpaired) electrons. The Labute approximate surface area is 137 Å². The summed E-state index contributed by atoms with van der Waals surface area (Å²) in [6, 6.07) is 19.4. The second-order valence-corrected chi connectivity index (χ2v) is 6.23. The highest BCUT2D eigenvalue weighted by atomic mass is 15.2. The van der Waals surface area contributed by atoms with Crippen LogP contribution in [-0.2, 0) is 6.42 Å². The number of para-hydroxylation sites is 2. The van der Waals surface area contributed by atoms with Crippen molar-refractivity contribution >= 4 is 16.9 Å². The Bertz CT molecular complexity index is 785. The highest BCUT2D eigenvalue weighted by molar-refractivity contribution is 5.75. The number of anilines is 1. The molecule has 1 atom stereocenters. The third-order valence-corrected chi connectivity index (χ3v) is 4.72. The fraction of sp³-hybridized carbons (Fsp3) is 0.300. The minimum absolute atomic E-state index is 0.575. The van der Waals surface area contributed by atoms with Crippen molar-refractivity contribution in [2.24, 2.45) is 0 Å². The van der Waals surface area contributed by atoms with Crippen molar-refractivity contribution < 1.29 is 0 Å². The van der Waals surface area contributed by atoms with Gasteiger partial charge in [-0.3, -0.25) is 4.98 Å². The van der Waals surface area contributed by atoms with Crippen LogP contribution in [-0.4, -0.2) is 22.6 Å². The summed E-state index contributed by atoms with van der Waals surface area (Å²) in [5, 5.41) is 0. The molecule has 1 aliphatic rings. The van der Waals surface area contributed by atoms with Crippen molar-refractivity contribution in [1.29, 1.82) is 0 Å². The van der Waals surface area contributed by atoms with E-state index >= 15 is 0 Å². The van der Waals surface area contributed by atoms with Crippen molar-refractivity contribution in [3.63, 3.8) is 0 Å². The molecule has 0 spiro atoms. The summed E-state index contributed by atoms with van der Waals surface area (Å²) in [6.07, 6.45) is 6.74. The van der Waals surface area contributed by atoms with Gasteiger partial charge in [-0.2, -0.15) is 0 Å². The van der Waals surface area contributed by atoms with E-state index < -0.39 is 0 Å². The molecule has 3 nitrogen and oxygen atoms in total. The van der Waals surface area contributed by atoms with E-state index in [1.807, 2.05) is 30.5 Å². The molecule has 0 amide bonds. The number of fused-ring (bicyclic) bond motifs is 1. The highest BCUT2D eigenvalue weighted by Crippen LogP contribution is 2.27. The lowest BCUT2D eigenvalue weighted by atomic mass is 10.0. The van der Waals surface area contributed by atoms with E-state index in [4.69, 9.17) is 4.98 Å². The average Bonchev–Trinajstić information content (AvgIpc) is 3.09. The van der Waals surface area contributed by atoms with E-state index in [1.54, 1.807) is 0 Å². The van der Waals surface area contributed by atoms with Crippen molar-refractivity contribution in [3.05, 3.63) is 66.4 Å². The zero-order chi connectivity index (χ0) is 15.5. The van der Waals surface area contributed by atoms with Gasteiger partial charge in [0.15, 0.2) is 0 Å². The maximum absolute atomic E-state index is 4.83. The van der Waals surface area contributed by atoms with E-state index in [0.29, 0.717) is 6.04 Å². The highest BCUT2D eigenvalue weighted by Gasteiger charge is 2.25. The number of benzene rings is 2. The van der Waals surface area contributed by atoms with Gasteiger partial charge in [0.25, 0.3) is 0 Å². The van der Waals surface area contributed by atoms with Crippen LogP contribution in [0.2, 0.25) is 0 Å². The van der Waals surface area contributed by atoms with Crippen molar-refractivity contribution in [2.45, 2.75) is 31.7 Å². The Balaban J connectivity index is 1.52. The summed E-state index contributed by atoms with van der Waals surface area (Å²) in [5.74, 6) is 1.03. The molecule has 0 saturated carbocycles. The monoisotopic (exact) mass is 303 g/mol. The van der Waals surface area contributed by atoms with Crippen LogP contribution < -0.4 is 4.90 Å². The molecule has 1 aromatic heterocycles. The predicted molar refractivity (Wildman–Crippen MR) is 94.7 cm³/mol. The van der Waals surface area contributed by atoms with Gasteiger partial charge in [-0.1, -0.05) is 42.5 Å². The van der Waals surface area contributed by atoms with E-state index in [2.05, 4.69) is 40.2 Å². The standard InChI is InChI=1S/C20H21N3/c1-2-7-16(8-3-1)12-13-17-9-6-14-23(17)20-15-21-18-10-4-5-11-19(18)22-20/h1-5,7-8,10-11,15,17H,6,9,12-14H2. The number of hydrogen-bond acceptors (Lipinski definition) is 3. The second kappa shape index (κ2) is 6.37. The molecule has 1 saturated heterocycles. The molecule has 0 N–H and O–H groups in total.